The van der Waals surface area contributed by atoms with Crippen molar-refractivity contribution in [3.63, 3.8) is 0 Å². The zero-order valence-electron chi connectivity index (χ0n) is 6.05. The summed E-state index contributed by atoms with van der Waals surface area (Å²) in [5.41, 5.74) is 3.31. The Morgan fingerprint density at radius 2 is 2.36 bits per heavy atom. The molecule has 3 nitrogen and oxygen atoms in total. The number of hydrogen-bond donors (Lipinski definition) is 1. The maximum absolute atomic E-state index is 10.8. The molecule has 0 amide bonds. The van der Waals surface area contributed by atoms with E-state index in [9.17, 15) is 4.79 Å². The SMILES string of the molecule is COC(=O)C1=C=CC(=N)C=C1. The first kappa shape index (κ1) is 7.51. The van der Waals surface area contributed by atoms with Crippen molar-refractivity contribution in [2.75, 3.05) is 7.11 Å². The second-order valence-electron chi connectivity index (χ2n) is 1.98. The molecule has 0 saturated carbocycles. The van der Waals surface area contributed by atoms with Crippen LogP contribution in [0.15, 0.2) is 29.5 Å². The van der Waals surface area contributed by atoms with Crippen molar-refractivity contribution in [1.29, 1.82) is 5.41 Å². The molecule has 0 heterocycles. The number of carbonyl (C=O) groups excluding carboxylic acids is 1. The molecule has 0 aromatic rings. The first-order valence-corrected chi connectivity index (χ1v) is 3.05. The third-order valence-electron chi connectivity index (χ3n) is 1.22. The molecule has 0 saturated heterocycles. The predicted molar refractivity (Wildman–Crippen MR) is 40.5 cm³/mol. The van der Waals surface area contributed by atoms with Crippen molar-refractivity contribution in [1.82, 2.24) is 0 Å². The highest BCUT2D eigenvalue weighted by Gasteiger charge is 2.06. The molecular formula is C8H7NO2. The molecule has 0 aromatic carbocycles. The number of hydrogen-bond acceptors (Lipinski definition) is 3. The number of esters is 1. The standard InChI is InChI=1S/C8H7NO2/c1-11-8(10)6-2-4-7(9)5-3-6/h2,4-5,9H,1H3. The Morgan fingerprint density at radius 3 is 2.82 bits per heavy atom. The van der Waals surface area contributed by atoms with Crippen LogP contribution < -0.4 is 0 Å². The lowest BCUT2D eigenvalue weighted by molar-refractivity contribution is -0.135. The monoisotopic (exact) mass is 149 g/mol. The second kappa shape index (κ2) is 2.99. The summed E-state index contributed by atoms with van der Waals surface area (Å²) in [4.78, 5) is 10.8. The number of carbonyl (C=O) groups is 1. The predicted octanol–water partition coefficient (Wildman–Crippen LogP) is 0.830. The number of nitrogens with one attached hydrogen (secondary N) is 1. The molecule has 11 heavy (non-hydrogen) atoms. The van der Waals surface area contributed by atoms with Gasteiger partial charge in [-0.05, 0) is 12.2 Å². The normalized spacial score (nSPS) is 14.6. The molecule has 1 rings (SSSR count). The second-order valence-corrected chi connectivity index (χ2v) is 1.98. The third-order valence-corrected chi connectivity index (χ3v) is 1.22. The van der Waals surface area contributed by atoms with Gasteiger partial charge in [0.2, 0.25) is 0 Å². The van der Waals surface area contributed by atoms with Crippen LogP contribution >= 0.6 is 0 Å². The van der Waals surface area contributed by atoms with Crippen LogP contribution in [0.3, 0.4) is 0 Å². The fraction of sp³-hybridized carbons (Fsp3) is 0.125. The lowest BCUT2D eigenvalue weighted by Crippen LogP contribution is -2.03. The fourth-order valence-electron chi connectivity index (χ4n) is 0.662. The van der Waals surface area contributed by atoms with Crippen molar-refractivity contribution in [3.8, 4) is 0 Å². The Kier molecular flexibility index (Phi) is 2.04. The van der Waals surface area contributed by atoms with Gasteiger partial charge in [0.1, 0.15) is 5.57 Å². The Labute approximate surface area is 64.2 Å². The van der Waals surface area contributed by atoms with Gasteiger partial charge in [-0.2, -0.15) is 0 Å². The summed E-state index contributed by atoms with van der Waals surface area (Å²) >= 11 is 0. The van der Waals surface area contributed by atoms with Crippen molar-refractivity contribution in [2.24, 2.45) is 0 Å². The topological polar surface area (TPSA) is 50.2 Å². The summed E-state index contributed by atoms with van der Waals surface area (Å²) in [6.07, 6.45) is 4.45. The number of ether oxygens (including phenoxy) is 1. The molecular weight excluding hydrogens is 142 g/mol. The van der Waals surface area contributed by atoms with E-state index in [-0.39, 0.29) is 0 Å². The van der Waals surface area contributed by atoms with Gasteiger partial charge in [0.25, 0.3) is 0 Å². The van der Waals surface area contributed by atoms with E-state index >= 15 is 0 Å². The van der Waals surface area contributed by atoms with Crippen LogP contribution in [-0.2, 0) is 9.53 Å². The van der Waals surface area contributed by atoms with Crippen molar-refractivity contribution in [3.05, 3.63) is 29.5 Å². The highest BCUT2D eigenvalue weighted by molar-refractivity contribution is 6.06. The van der Waals surface area contributed by atoms with E-state index in [4.69, 9.17) is 5.41 Å². The van der Waals surface area contributed by atoms with Crippen LogP contribution in [0, 0.1) is 5.41 Å². The van der Waals surface area contributed by atoms with Gasteiger partial charge in [-0.1, -0.05) is 0 Å². The molecule has 0 aliphatic heterocycles. The van der Waals surface area contributed by atoms with Gasteiger partial charge in [-0.3, -0.25) is 0 Å². The minimum Gasteiger partial charge on any atom is -0.465 e. The quantitative estimate of drug-likeness (QED) is 0.443. The van der Waals surface area contributed by atoms with E-state index < -0.39 is 5.97 Å². The van der Waals surface area contributed by atoms with Gasteiger partial charge in [0.05, 0.1) is 12.8 Å². The molecule has 1 aliphatic carbocycles. The van der Waals surface area contributed by atoms with E-state index in [2.05, 4.69) is 10.5 Å². The highest BCUT2D eigenvalue weighted by Crippen LogP contribution is 2.02. The summed E-state index contributed by atoms with van der Waals surface area (Å²) in [6.45, 7) is 0. The lowest BCUT2D eigenvalue weighted by atomic mass is 10.1. The molecule has 0 atom stereocenters. The van der Waals surface area contributed by atoms with Crippen LogP contribution in [0.5, 0.6) is 0 Å². The van der Waals surface area contributed by atoms with Crippen LogP contribution in [0.25, 0.3) is 0 Å². The third kappa shape index (κ3) is 1.66. The van der Waals surface area contributed by atoms with Crippen LogP contribution in [-0.4, -0.2) is 18.8 Å². The molecule has 0 spiro atoms. The summed E-state index contributed by atoms with van der Waals surface area (Å²) in [6, 6.07) is 0. The van der Waals surface area contributed by atoms with Gasteiger partial charge < -0.3 is 10.1 Å². The zero-order chi connectivity index (χ0) is 8.27. The molecule has 3 heteroatoms. The van der Waals surface area contributed by atoms with Crippen molar-refractivity contribution < 1.29 is 9.53 Å². The summed E-state index contributed by atoms with van der Waals surface area (Å²) in [5.74, 6) is -0.426. The Balaban J connectivity index is 2.92. The average Bonchev–Trinajstić information content (AvgIpc) is 2.05. The van der Waals surface area contributed by atoms with Gasteiger partial charge >= 0.3 is 5.97 Å². The van der Waals surface area contributed by atoms with Crippen LogP contribution in [0.4, 0.5) is 0 Å². The average molecular weight is 149 g/mol. The Morgan fingerprint density at radius 1 is 1.64 bits per heavy atom. The van der Waals surface area contributed by atoms with Crippen LogP contribution in [0.2, 0.25) is 0 Å². The summed E-state index contributed by atoms with van der Waals surface area (Å²) < 4.78 is 4.44. The lowest BCUT2D eigenvalue weighted by Gasteiger charge is -1.98. The first-order valence-electron chi connectivity index (χ1n) is 3.05. The molecule has 0 bridgehead atoms. The van der Waals surface area contributed by atoms with E-state index in [1.807, 2.05) is 0 Å². The zero-order valence-corrected chi connectivity index (χ0v) is 6.05. The maximum Gasteiger partial charge on any atom is 0.345 e. The largest absolute Gasteiger partial charge is 0.465 e. The summed E-state index contributed by atoms with van der Waals surface area (Å²) in [5, 5.41) is 7.11. The van der Waals surface area contributed by atoms with E-state index in [0.29, 0.717) is 11.3 Å². The van der Waals surface area contributed by atoms with Gasteiger partial charge in [-0.25, -0.2) is 4.79 Å². The van der Waals surface area contributed by atoms with Gasteiger partial charge in [0.15, 0.2) is 0 Å². The minimum atomic E-state index is -0.426. The van der Waals surface area contributed by atoms with Gasteiger partial charge in [0, 0.05) is 6.08 Å². The highest BCUT2D eigenvalue weighted by atomic mass is 16.5. The number of allylic oxidation sites excluding steroid dienone is 1. The number of methoxy groups -OCH3 is 1. The maximum atomic E-state index is 10.8. The molecule has 0 radical (unpaired) electrons. The molecule has 0 unspecified atom stereocenters. The molecule has 0 fully saturated rings. The van der Waals surface area contributed by atoms with Crippen LogP contribution in [0.1, 0.15) is 0 Å². The fourth-order valence-corrected chi connectivity index (χ4v) is 0.662. The molecule has 1 aliphatic rings. The van der Waals surface area contributed by atoms with E-state index in [1.165, 1.54) is 25.3 Å². The Hall–Kier alpha value is -1.60. The smallest absolute Gasteiger partial charge is 0.345 e. The molecule has 56 valence electrons. The first-order chi connectivity index (χ1) is 5.24. The van der Waals surface area contributed by atoms with Crippen molar-refractivity contribution in [2.45, 2.75) is 0 Å². The molecule has 0 aromatic heterocycles. The molecule has 1 N–H and O–H groups in total. The summed E-state index contributed by atoms with van der Waals surface area (Å²) in [7, 11) is 1.31. The van der Waals surface area contributed by atoms with E-state index in [1.54, 1.807) is 0 Å². The van der Waals surface area contributed by atoms with Crippen molar-refractivity contribution >= 4 is 11.7 Å². The van der Waals surface area contributed by atoms with Gasteiger partial charge in [-0.15, -0.1) is 5.73 Å². The minimum absolute atomic E-state index is 0.331. The Bertz CT molecular complexity index is 293. The number of rotatable bonds is 1. The van der Waals surface area contributed by atoms with E-state index in [0.717, 1.165) is 0 Å².